The standard InChI is InChI=1S/C23H33NO6SSi/c1-17(2)30-21-19(16-20(25)24-21)23(22(26)29-3,14-10-11-15-32(4,5)6)31(27,28)18-12-8-7-9-13-18/h7-9,12-13,17,19,21H,14-16H2,1-6H3,(H,24,25)/t19-,21+,23?/m0/s1. The highest BCUT2D eigenvalue weighted by atomic mass is 32.2. The van der Waals surface area contributed by atoms with Crippen molar-refractivity contribution in [3.63, 3.8) is 0 Å². The molecule has 0 saturated carbocycles. The van der Waals surface area contributed by atoms with Gasteiger partial charge in [-0.1, -0.05) is 37.8 Å². The highest BCUT2D eigenvalue weighted by Crippen LogP contribution is 2.43. The summed E-state index contributed by atoms with van der Waals surface area (Å²) in [6.45, 7) is 10.0. The van der Waals surface area contributed by atoms with Crippen molar-refractivity contribution in [2.45, 2.75) is 74.3 Å². The van der Waals surface area contributed by atoms with Crippen LogP contribution < -0.4 is 5.32 Å². The van der Waals surface area contributed by atoms with E-state index in [9.17, 15) is 18.0 Å². The molecular formula is C23H33NO6SSi. The lowest BCUT2D eigenvalue weighted by Gasteiger charge is -2.37. The second kappa shape index (κ2) is 10.2. The lowest BCUT2D eigenvalue weighted by molar-refractivity contribution is -0.148. The predicted molar refractivity (Wildman–Crippen MR) is 125 cm³/mol. The Morgan fingerprint density at radius 3 is 2.38 bits per heavy atom. The summed E-state index contributed by atoms with van der Waals surface area (Å²) in [5.74, 6) is 3.69. The molecule has 1 aromatic rings. The van der Waals surface area contributed by atoms with Gasteiger partial charge in [-0.05, 0) is 26.0 Å². The molecule has 3 atom stereocenters. The molecular weight excluding hydrogens is 446 g/mol. The van der Waals surface area contributed by atoms with Crippen molar-refractivity contribution in [1.29, 1.82) is 0 Å². The molecule has 2 rings (SSSR count). The smallest absolute Gasteiger partial charge is 0.329 e. The molecule has 32 heavy (non-hydrogen) atoms. The summed E-state index contributed by atoms with van der Waals surface area (Å²) in [6.07, 6.45) is -1.74. The van der Waals surface area contributed by atoms with Crippen molar-refractivity contribution in [3.8, 4) is 11.8 Å². The molecule has 1 amide bonds. The molecule has 0 radical (unpaired) electrons. The van der Waals surface area contributed by atoms with Gasteiger partial charge in [0.15, 0.2) is 14.6 Å². The Kier molecular flexibility index (Phi) is 8.31. The van der Waals surface area contributed by atoms with Crippen LogP contribution in [0.1, 0.15) is 26.7 Å². The number of benzene rings is 1. The molecule has 9 heteroatoms. The van der Waals surface area contributed by atoms with Crippen molar-refractivity contribution < 1.29 is 27.5 Å². The number of ether oxygens (including phenoxy) is 2. The van der Waals surface area contributed by atoms with Gasteiger partial charge in [-0.25, -0.2) is 8.42 Å². The van der Waals surface area contributed by atoms with E-state index in [2.05, 4.69) is 36.8 Å². The van der Waals surface area contributed by atoms with Gasteiger partial charge >= 0.3 is 5.97 Å². The first kappa shape index (κ1) is 26.1. The molecule has 1 N–H and O–H groups in total. The minimum Gasteiger partial charge on any atom is -0.468 e. The van der Waals surface area contributed by atoms with Crippen molar-refractivity contribution >= 4 is 29.8 Å². The summed E-state index contributed by atoms with van der Waals surface area (Å²) in [6, 6.07) is 8.40. The van der Waals surface area contributed by atoms with E-state index in [4.69, 9.17) is 9.47 Å². The molecule has 1 saturated heterocycles. The fourth-order valence-corrected chi connectivity index (χ4v) is 6.48. The average Bonchev–Trinajstić information content (AvgIpc) is 3.06. The Morgan fingerprint density at radius 1 is 1.22 bits per heavy atom. The van der Waals surface area contributed by atoms with E-state index >= 15 is 0 Å². The van der Waals surface area contributed by atoms with Gasteiger partial charge in [0.2, 0.25) is 5.91 Å². The number of rotatable bonds is 8. The van der Waals surface area contributed by atoms with Crippen LogP contribution in [0.3, 0.4) is 0 Å². The molecule has 1 aliphatic heterocycles. The maximum absolute atomic E-state index is 14.0. The van der Waals surface area contributed by atoms with Gasteiger partial charge in [-0.3, -0.25) is 9.59 Å². The first-order chi connectivity index (χ1) is 14.8. The lowest BCUT2D eigenvalue weighted by Crippen LogP contribution is -2.57. The number of sulfone groups is 1. The summed E-state index contributed by atoms with van der Waals surface area (Å²) in [5, 5.41) is 2.68. The quantitative estimate of drug-likeness (QED) is 0.350. The van der Waals surface area contributed by atoms with Gasteiger partial charge in [-0.15, -0.1) is 11.8 Å². The number of carbonyl (C=O) groups excluding carboxylic acids is 2. The van der Waals surface area contributed by atoms with E-state index in [0.29, 0.717) is 6.04 Å². The molecule has 0 spiro atoms. The Hall–Kier alpha value is -2.15. The molecule has 0 aliphatic carbocycles. The topological polar surface area (TPSA) is 98.8 Å². The molecule has 0 bridgehead atoms. The van der Waals surface area contributed by atoms with Gasteiger partial charge in [-0.2, -0.15) is 0 Å². The van der Waals surface area contributed by atoms with Gasteiger partial charge in [0.1, 0.15) is 6.23 Å². The molecule has 1 fully saturated rings. The van der Waals surface area contributed by atoms with Crippen LogP contribution in [-0.2, 0) is 28.9 Å². The predicted octanol–water partition coefficient (Wildman–Crippen LogP) is 2.99. The largest absolute Gasteiger partial charge is 0.468 e. The summed E-state index contributed by atoms with van der Waals surface area (Å²) in [7, 11) is -4.66. The number of esters is 1. The fourth-order valence-electron chi connectivity index (χ4n) is 3.72. The number of amides is 1. The van der Waals surface area contributed by atoms with Gasteiger partial charge in [0.05, 0.1) is 26.2 Å². The highest BCUT2D eigenvalue weighted by molar-refractivity contribution is 7.93. The van der Waals surface area contributed by atoms with Crippen molar-refractivity contribution in [2.75, 3.05) is 7.11 Å². The zero-order valence-electron chi connectivity index (χ0n) is 19.6. The Labute approximate surface area is 192 Å². The van der Waals surface area contributed by atoms with Crippen molar-refractivity contribution in [2.24, 2.45) is 5.92 Å². The maximum Gasteiger partial charge on any atom is 0.329 e. The van der Waals surface area contributed by atoms with E-state index in [0.717, 1.165) is 7.11 Å². The van der Waals surface area contributed by atoms with Crippen LogP contribution in [0.4, 0.5) is 0 Å². The fraction of sp³-hybridized carbons (Fsp3) is 0.565. The molecule has 7 nitrogen and oxygen atoms in total. The molecule has 1 aliphatic rings. The number of hydrogen-bond donors (Lipinski definition) is 1. The second-order valence-corrected chi connectivity index (χ2v) is 17.1. The molecule has 1 aromatic carbocycles. The normalized spacial score (nSPS) is 20.8. The second-order valence-electron chi connectivity index (χ2n) is 9.45. The molecule has 176 valence electrons. The van der Waals surface area contributed by atoms with Crippen LogP contribution in [-0.4, -0.2) is 52.6 Å². The minimum absolute atomic E-state index is 0.0277. The summed E-state index contributed by atoms with van der Waals surface area (Å²) in [4.78, 5) is 25.6. The molecule has 0 aromatic heterocycles. The van der Waals surface area contributed by atoms with E-state index in [1.54, 1.807) is 32.0 Å². The Balaban J connectivity index is 2.72. The lowest BCUT2D eigenvalue weighted by atomic mass is 9.86. The van der Waals surface area contributed by atoms with Gasteiger partial charge in [0.25, 0.3) is 0 Å². The van der Waals surface area contributed by atoms with E-state index in [-0.39, 0.29) is 29.7 Å². The van der Waals surface area contributed by atoms with Gasteiger partial charge < -0.3 is 14.8 Å². The third-order valence-corrected chi connectivity index (χ3v) is 8.95. The van der Waals surface area contributed by atoms with Crippen molar-refractivity contribution in [1.82, 2.24) is 5.32 Å². The first-order valence-corrected chi connectivity index (χ1v) is 15.8. The van der Waals surface area contributed by atoms with Gasteiger partial charge in [0, 0.05) is 24.8 Å². The molecule has 1 unspecified atom stereocenters. The number of methoxy groups -OCH3 is 1. The number of nitrogens with one attached hydrogen (secondary N) is 1. The van der Waals surface area contributed by atoms with Crippen LogP contribution in [0, 0.1) is 17.8 Å². The zero-order valence-corrected chi connectivity index (χ0v) is 21.4. The average molecular weight is 480 g/mol. The summed E-state index contributed by atoms with van der Waals surface area (Å²) >= 11 is 0. The van der Waals surface area contributed by atoms with E-state index in [1.807, 2.05) is 0 Å². The van der Waals surface area contributed by atoms with Crippen molar-refractivity contribution in [3.05, 3.63) is 30.3 Å². The third-order valence-electron chi connectivity index (χ3n) is 5.25. The summed E-state index contributed by atoms with van der Waals surface area (Å²) in [5.41, 5.74) is 0. The SMILES string of the molecule is COC(=O)C(CC#CC[Si](C)(C)C)([C@H]1CC(=O)N[C@@H]1OC(C)C)S(=O)(=O)c1ccccc1. The number of carbonyl (C=O) groups is 2. The highest BCUT2D eigenvalue weighted by Gasteiger charge is 2.62. The first-order valence-electron chi connectivity index (χ1n) is 10.6. The summed E-state index contributed by atoms with van der Waals surface area (Å²) < 4.78 is 36.8. The Morgan fingerprint density at radius 2 is 1.84 bits per heavy atom. The van der Waals surface area contributed by atoms with Crippen LogP contribution in [0.25, 0.3) is 0 Å². The zero-order chi connectivity index (χ0) is 24.2. The van der Waals surface area contributed by atoms with Crippen LogP contribution in [0.2, 0.25) is 25.7 Å². The molecule has 1 heterocycles. The number of hydrogen-bond acceptors (Lipinski definition) is 6. The van der Waals surface area contributed by atoms with Crippen LogP contribution >= 0.6 is 0 Å². The third kappa shape index (κ3) is 5.60. The van der Waals surface area contributed by atoms with Crippen LogP contribution in [0.15, 0.2) is 35.2 Å². The Bertz CT molecular complexity index is 991. The minimum atomic E-state index is -4.30. The van der Waals surface area contributed by atoms with E-state index in [1.165, 1.54) is 12.1 Å². The van der Waals surface area contributed by atoms with E-state index < -0.39 is 40.8 Å². The monoisotopic (exact) mass is 479 g/mol. The maximum atomic E-state index is 14.0. The van der Waals surface area contributed by atoms with Crippen LogP contribution in [0.5, 0.6) is 0 Å².